The maximum Gasteiger partial charge on any atom is 0.425 e. The van der Waals surface area contributed by atoms with E-state index in [1.807, 2.05) is 13.8 Å². The van der Waals surface area contributed by atoms with E-state index in [1.165, 1.54) is 23.6 Å². The van der Waals surface area contributed by atoms with E-state index in [0.29, 0.717) is 11.9 Å². The number of carbonyl (C=O) groups excluding carboxylic acids is 1. The maximum atomic E-state index is 14.5. The number of halogens is 3. The minimum absolute atomic E-state index is 0.0744. The number of hydrogen-bond donors (Lipinski definition) is 4. The Morgan fingerprint density at radius 1 is 1.29 bits per heavy atom. The number of hydrogen-bond acceptors (Lipinski definition) is 3. The second kappa shape index (κ2) is 9.82. The van der Waals surface area contributed by atoms with Crippen LogP contribution in [-0.2, 0) is 12.1 Å². The molecule has 0 spiro atoms. The molecule has 0 aliphatic carbocycles. The molecule has 2 unspecified atom stereocenters. The molecule has 5 N–H and O–H groups in total. The Balaban J connectivity index is 2.14. The molecule has 0 aliphatic heterocycles. The molecular weight excluding hydrogens is 445 g/mol. The summed E-state index contributed by atoms with van der Waals surface area (Å²) in [6.07, 6.45) is -0.638. The molecule has 180 valence electrons. The smallest absolute Gasteiger partial charge is 0.372 e. The van der Waals surface area contributed by atoms with Crippen LogP contribution in [0.15, 0.2) is 61.3 Å². The van der Waals surface area contributed by atoms with Crippen LogP contribution in [0.5, 0.6) is 0 Å². The van der Waals surface area contributed by atoms with Gasteiger partial charge in [0.1, 0.15) is 5.69 Å². The number of allylic oxidation sites excluding steroid dienone is 1. The van der Waals surface area contributed by atoms with Crippen LogP contribution < -0.4 is 10.6 Å². The highest BCUT2D eigenvalue weighted by atomic mass is 19.4. The van der Waals surface area contributed by atoms with Gasteiger partial charge in [0.2, 0.25) is 5.60 Å². The third-order valence-electron chi connectivity index (χ3n) is 5.86. The molecule has 0 saturated carbocycles. The van der Waals surface area contributed by atoms with E-state index in [4.69, 9.17) is 5.41 Å². The largest absolute Gasteiger partial charge is 0.425 e. The van der Waals surface area contributed by atoms with Crippen molar-refractivity contribution in [1.82, 2.24) is 9.88 Å². The van der Waals surface area contributed by atoms with Gasteiger partial charge in [-0.2, -0.15) is 13.2 Å². The monoisotopic (exact) mass is 473 g/mol. The Morgan fingerprint density at radius 3 is 2.62 bits per heavy atom. The number of benzene rings is 2. The Hall–Kier alpha value is -3.43. The number of fused-ring (bicyclic) bond motifs is 1. The minimum atomic E-state index is -5.06. The Bertz CT molecular complexity index is 1220. The fourth-order valence-electron chi connectivity index (χ4n) is 3.88. The number of carbonyl (C=O) groups is 1. The quantitative estimate of drug-likeness (QED) is 0.223. The van der Waals surface area contributed by atoms with Crippen LogP contribution in [-0.4, -0.2) is 34.1 Å². The van der Waals surface area contributed by atoms with Crippen LogP contribution >= 0.6 is 0 Å². The number of amides is 2. The van der Waals surface area contributed by atoms with Gasteiger partial charge >= 0.3 is 12.2 Å². The van der Waals surface area contributed by atoms with Gasteiger partial charge in [0.25, 0.3) is 0 Å². The summed E-state index contributed by atoms with van der Waals surface area (Å²) in [7, 11) is 0. The van der Waals surface area contributed by atoms with Crippen molar-refractivity contribution in [1.29, 1.82) is 5.41 Å². The lowest BCUT2D eigenvalue weighted by atomic mass is 9.84. The first-order chi connectivity index (χ1) is 16.1. The third-order valence-corrected chi connectivity index (χ3v) is 5.86. The van der Waals surface area contributed by atoms with E-state index in [2.05, 4.69) is 11.9 Å². The Morgan fingerprint density at radius 2 is 2.00 bits per heavy atom. The number of nitrogens with zero attached hydrogens (tertiary/aromatic N) is 1. The Kier molecular flexibility index (Phi) is 7.28. The molecule has 0 aliphatic rings. The second-order valence-corrected chi connectivity index (χ2v) is 8.16. The van der Waals surface area contributed by atoms with E-state index in [-0.39, 0.29) is 34.8 Å². The highest BCUT2D eigenvalue weighted by Crippen LogP contribution is 2.47. The molecule has 34 heavy (non-hydrogen) atoms. The molecule has 1 heterocycles. The summed E-state index contributed by atoms with van der Waals surface area (Å²) in [6, 6.07) is 9.59. The lowest BCUT2D eigenvalue weighted by molar-refractivity contribution is -0.465. The van der Waals surface area contributed by atoms with Gasteiger partial charge in [-0.1, -0.05) is 31.2 Å². The summed E-state index contributed by atoms with van der Waals surface area (Å²) in [4.78, 5) is 12.2. The molecule has 1 aromatic heterocycles. The standard InChI is InChI=1S/C25H27F3N4O2/c1-4-12-32-15-20(19-8-6-7-9-22(19)32)24(34,25(26,27)28)18-10-11-21(17(13-18)14-29)31-23(33)30-16(3)5-2/h4,6-11,13-16,29,34H,1,5,12H2,2-3H3,(H2,30,31,33)/p+1. The van der Waals surface area contributed by atoms with Gasteiger partial charge in [-0.25, -0.2) is 10.1 Å². The number of nitrogens with two attached hydrogens (primary N) is 1. The average Bonchev–Trinajstić information content (AvgIpc) is 3.17. The van der Waals surface area contributed by atoms with Gasteiger partial charge in [-0.05, 0) is 37.1 Å². The zero-order valence-electron chi connectivity index (χ0n) is 19.0. The number of nitrogens with one attached hydrogen (secondary N) is 2. The van der Waals surface area contributed by atoms with Gasteiger partial charge in [0.15, 0.2) is 0 Å². The second-order valence-electron chi connectivity index (χ2n) is 8.16. The Labute approximate surface area is 195 Å². The number of alkyl halides is 3. The first-order valence-electron chi connectivity index (χ1n) is 10.8. The van der Waals surface area contributed by atoms with E-state index in [9.17, 15) is 23.1 Å². The third kappa shape index (κ3) is 4.62. The normalized spacial score (nSPS) is 14.4. The van der Waals surface area contributed by atoms with Gasteiger partial charge in [-0.3, -0.25) is 0 Å². The van der Waals surface area contributed by atoms with E-state index >= 15 is 0 Å². The number of primary amides is 1. The van der Waals surface area contributed by atoms with Gasteiger partial charge < -0.3 is 20.4 Å². The maximum absolute atomic E-state index is 14.5. The topological polar surface area (TPSA) is 94.7 Å². The molecule has 2 aromatic carbocycles. The molecule has 6 nitrogen and oxygen atoms in total. The molecule has 3 aromatic rings. The van der Waals surface area contributed by atoms with Crippen LogP contribution in [0.3, 0.4) is 0 Å². The molecular formula is C25H28F3N4O2+. The van der Waals surface area contributed by atoms with Gasteiger partial charge in [-0.15, -0.1) is 6.58 Å². The summed E-state index contributed by atoms with van der Waals surface area (Å²) in [6.45, 7) is 7.66. The molecule has 9 heteroatoms. The fraction of sp³-hybridized carbons (Fsp3) is 0.280. The number of aromatic nitrogens is 1. The fourth-order valence-corrected chi connectivity index (χ4v) is 3.88. The number of rotatable bonds is 8. The number of para-hydroxylation sites is 1. The summed E-state index contributed by atoms with van der Waals surface area (Å²) in [5, 5.41) is 23.2. The highest BCUT2D eigenvalue weighted by molar-refractivity contribution is 5.87. The summed E-state index contributed by atoms with van der Waals surface area (Å²) in [5.74, 6) is 0. The molecule has 0 saturated heterocycles. The van der Waals surface area contributed by atoms with Gasteiger partial charge in [0, 0.05) is 47.5 Å². The van der Waals surface area contributed by atoms with Crippen LogP contribution in [0.1, 0.15) is 37.0 Å². The number of urea groups is 1. The molecule has 0 fully saturated rings. The van der Waals surface area contributed by atoms with Crippen molar-refractivity contribution in [2.45, 2.75) is 44.6 Å². The van der Waals surface area contributed by atoms with Crippen molar-refractivity contribution in [2.24, 2.45) is 0 Å². The van der Waals surface area contributed by atoms with E-state index in [0.717, 1.165) is 18.3 Å². The van der Waals surface area contributed by atoms with Crippen molar-refractivity contribution in [2.75, 3.05) is 0 Å². The first-order valence-corrected chi connectivity index (χ1v) is 10.8. The molecule has 3 rings (SSSR count). The molecule has 0 bridgehead atoms. The predicted octanol–water partition coefficient (Wildman–Crippen LogP) is 4.33. The summed E-state index contributed by atoms with van der Waals surface area (Å²) >= 11 is 0. The number of quaternary nitrogens is 1. The van der Waals surface area contributed by atoms with Crippen LogP contribution in [0.2, 0.25) is 0 Å². The lowest BCUT2D eigenvalue weighted by Crippen LogP contribution is -2.86. The van der Waals surface area contributed by atoms with E-state index in [1.54, 1.807) is 28.8 Å². The summed E-state index contributed by atoms with van der Waals surface area (Å²) in [5.41, 5.74) is -3.22. The minimum Gasteiger partial charge on any atom is -0.372 e. The molecule has 2 amide bonds. The predicted molar refractivity (Wildman–Crippen MR) is 125 cm³/mol. The molecule has 0 radical (unpaired) electrons. The molecule has 2 atom stereocenters. The lowest BCUT2D eigenvalue weighted by Gasteiger charge is -2.31. The van der Waals surface area contributed by atoms with Crippen molar-refractivity contribution in [3.8, 4) is 0 Å². The zero-order chi connectivity index (χ0) is 25.1. The van der Waals surface area contributed by atoms with Crippen LogP contribution in [0, 0.1) is 5.41 Å². The highest BCUT2D eigenvalue weighted by Gasteiger charge is 2.57. The van der Waals surface area contributed by atoms with Crippen molar-refractivity contribution < 1.29 is 28.4 Å². The average molecular weight is 474 g/mol. The van der Waals surface area contributed by atoms with Crippen molar-refractivity contribution >= 4 is 28.8 Å². The van der Waals surface area contributed by atoms with E-state index < -0.39 is 23.4 Å². The first kappa shape index (κ1) is 25.2. The van der Waals surface area contributed by atoms with Crippen LogP contribution in [0.25, 0.3) is 10.9 Å². The van der Waals surface area contributed by atoms with Crippen molar-refractivity contribution in [3.05, 3.63) is 78.0 Å². The SMILES string of the molecule is C=CCn1cc(C(O)(c2ccc([NH2+]C(=O)NC(C)CC)c(C=N)c2)C(F)(F)F)c2ccccc21. The summed E-state index contributed by atoms with van der Waals surface area (Å²) < 4.78 is 45.1. The van der Waals surface area contributed by atoms with Gasteiger partial charge in [0.05, 0.1) is 5.56 Å². The van der Waals surface area contributed by atoms with Crippen LogP contribution in [0.4, 0.5) is 23.7 Å². The van der Waals surface area contributed by atoms with Crippen molar-refractivity contribution in [3.63, 3.8) is 0 Å². The zero-order valence-corrected chi connectivity index (χ0v) is 19.0. The number of aliphatic hydroxyl groups is 1.